The Labute approximate surface area is 173 Å². The molecule has 9 heteroatoms. The average Bonchev–Trinajstić information content (AvgIpc) is 3.00. The molecule has 0 radical (unpaired) electrons. The fraction of sp³-hybridized carbons (Fsp3) is 0.286. The molecule has 1 aliphatic rings. The number of ether oxygens (including phenoxy) is 4. The molecule has 2 amide bonds. The first-order valence-corrected chi connectivity index (χ1v) is 9.40. The quantitative estimate of drug-likeness (QED) is 0.630. The third-order valence-corrected chi connectivity index (χ3v) is 3.94. The van der Waals surface area contributed by atoms with Crippen molar-refractivity contribution >= 4 is 23.5 Å². The molecule has 0 spiro atoms. The van der Waals surface area contributed by atoms with Gasteiger partial charge >= 0.3 is 5.97 Å². The monoisotopic (exact) mass is 414 g/mol. The number of carbonyl (C=O) groups excluding carboxylic acids is 3. The van der Waals surface area contributed by atoms with Crippen molar-refractivity contribution in [1.82, 2.24) is 5.32 Å². The number of nitrogens with one attached hydrogen (secondary N) is 2. The molecule has 158 valence electrons. The lowest BCUT2D eigenvalue weighted by atomic mass is 10.2. The molecule has 0 saturated carbocycles. The molecule has 30 heavy (non-hydrogen) atoms. The summed E-state index contributed by atoms with van der Waals surface area (Å²) in [5.74, 6) is -0.0331. The van der Waals surface area contributed by atoms with Crippen molar-refractivity contribution in [1.29, 1.82) is 0 Å². The van der Waals surface area contributed by atoms with Gasteiger partial charge in [-0.05, 0) is 24.3 Å². The van der Waals surface area contributed by atoms with Crippen LogP contribution >= 0.6 is 0 Å². The van der Waals surface area contributed by atoms with Gasteiger partial charge in [-0.15, -0.1) is 0 Å². The average molecular weight is 414 g/mol. The maximum atomic E-state index is 12.0. The lowest BCUT2D eigenvalue weighted by Crippen LogP contribution is -2.35. The van der Waals surface area contributed by atoms with E-state index in [4.69, 9.17) is 18.9 Å². The van der Waals surface area contributed by atoms with E-state index in [9.17, 15) is 14.4 Å². The van der Waals surface area contributed by atoms with Crippen molar-refractivity contribution in [3.63, 3.8) is 0 Å². The number of hydrogen-bond donors (Lipinski definition) is 2. The smallest absolute Gasteiger partial charge is 0.325 e. The van der Waals surface area contributed by atoms with Crippen molar-refractivity contribution in [2.24, 2.45) is 0 Å². The van der Waals surface area contributed by atoms with E-state index in [0.717, 1.165) is 6.42 Å². The summed E-state index contributed by atoms with van der Waals surface area (Å²) in [5.41, 5.74) is 0.492. The van der Waals surface area contributed by atoms with Gasteiger partial charge in [0.05, 0.1) is 13.2 Å². The van der Waals surface area contributed by atoms with Gasteiger partial charge in [0.2, 0.25) is 0 Å². The minimum Gasteiger partial charge on any atom is -0.490 e. The van der Waals surface area contributed by atoms with E-state index in [-0.39, 0.29) is 13.2 Å². The molecule has 9 nitrogen and oxygen atoms in total. The van der Waals surface area contributed by atoms with Gasteiger partial charge in [-0.1, -0.05) is 18.2 Å². The number of hydrogen-bond acceptors (Lipinski definition) is 7. The third-order valence-electron chi connectivity index (χ3n) is 3.94. The van der Waals surface area contributed by atoms with Crippen LogP contribution in [-0.4, -0.2) is 50.8 Å². The highest BCUT2D eigenvalue weighted by Gasteiger charge is 2.13. The van der Waals surface area contributed by atoms with Crippen molar-refractivity contribution in [2.45, 2.75) is 6.42 Å². The Balaban J connectivity index is 1.34. The topological polar surface area (TPSA) is 112 Å². The lowest BCUT2D eigenvalue weighted by molar-refractivity contribution is -0.147. The molecule has 3 rings (SSSR count). The zero-order chi connectivity index (χ0) is 21.2. The van der Waals surface area contributed by atoms with Gasteiger partial charge in [-0.3, -0.25) is 14.4 Å². The second-order valence-corrected chi connectivity index (χ2v) is 6.30. The first-order valence-electron chi connectivity index (χ1n) is 9.40. The van der Waals surface area contributed by atoms with Crippen molar-refractivity contribution < 1.29 is 33.3 Å². The summed E-state index contributed by atoms with van der Waals surface area (Å²) in [7, 11) is 0. The summed E-state index contributed by atoms with van der Waals surface area (Å²) >= 11 is 0. The van der Waals surface area contributed by atoms with Gasteiger partial charge in [-0.2, -0.15) is 0 Å². The summed E-state index contributed by atoms with van der Waals surface area (Å²) < 4.78 is 21.2. The van der Waals surface area contributed by atoms with Crippen LogP contribution in [0.3, 0.4) is 0 Å². The second kappa shape index (κ2) is 10.7. The first-order chi connectivity index (χ1) is 14.6. The summed E-state index contributed by atoms with van der Waals surface area (Å²) in [5, 5.41) is 4.98. The highest BCUT2D eigenvalue weighted by Crippen LogP contribution is 2.32. The van der Waals surface area contributed by atoms with E-state index in [1.54, 1.807) is 42.5 Å². The van der Waals surface area contributed by atoms with Crippen LogP contribution < -0.4 is 24.8 Å². The Morgan fingerprint density at radius 2 is 1.67 bits per heavy atom. The molecule has 2 aromatic carbocycles. The number of rotatable bonds is 8. The molecule has 0 aromatic heterocycles. The van der Waals surface area contributed by atoms with Gasteiger partial charge < -0.3 is 29.6 Å². The van der Waals surface area contributed by atoms with Crippen LogP contribution in [-0.2, 0) is 19.1 Å². The molecule has 0 aliphatic carbocycles. The Morgan fingerprint density at radius 3 is 2.47 bits per heavy atom. The van der Waals surface area contributed by atoms with E-state index in [1.807, 2.05) is 6.07 Å². The Bertz CT molecular complexity index is 886. The second-order valence-electron chi connectivity index (χ2n) is 6.30. The number of esters is 1. The van der Waals surface area contributed by atoms with Crippen LogP contribution in [0.25, 0.3) is 0 Å². The summed E-state index contributed by atoms with van der Waals surface area (Å²) in [6.45, 7) is 0.0214. The van der Waals surface area contributed by atoms with Gasteiger partial charge in [0.1, 0.15) is 12.3 Å². The van der Waals surface area contributed by atoms with Crippen molar-refractivity contribution in [2.75, 3.05) is 38.3 Å². The molecule has 0 unspecified atom stereocenters. The van der Waals surface area contributed by atoms with E-state index in [2.05, 4.69) is 10.6 Å². The highest BCUT2D eigenvalue weighted by molar-refractivity contribution is 5.93. The maximum absolute atomic E-state index is 12.0. The van der Waals surface area contributed by atoms with Crippen LogP contribution in [0.2, 0.25) is 0 Å². The fourth-order valence-electron chi connectivity index (χ4n) is 2.52. The van der Waals surface area contributed by atoms with Gasteiger partial charge in [0, 0.05) is 18.2 Å². The van der Waals surface area contributed by atoms with Crippen LogP contribution in [0.5, 0.6) is 17.2 Å². The van der Waals surface area contributed by atoms with Gasteiger partial charge in [0.25, 0.3) is 11.8 Å². The van der Waals surface area contributed by atoms with Crippen molar-refractivity contribution in [3.8, 4) is 17.2 Å². The lowest BCUT2D eigenvalue weighted by Gasteiger charge is -2.11. The summed E-state index contributed by atoms with van der Waals surface area (Å²) in [6.07, 6.45) is 0.779. The Hall–Kier alpha value is -3.75. The number of carbonyl (C=O) groups is 3. The van der Waals surface area contributed by atoms with Gasteiger partial charge in [-0.25, -0.2) is 0 Å². The number of fused-ring (bicyclic) bond motifs is 1. The zero-order valence-electron chi connectivity index (χ0n) is 16.2. The normalized spacial score (nSPS) is 12.3. The molecule has 2 N–H and O–H groups in total. The predicted molar refractivity (Wildman–Crippen MR) is 107 cm³/mol. The summed E-state index contributed by atoms with van der Waals surface area (Å²) in [4.78, 5) is 35.4. The van der Waals surface area contributed by atoms with Crippen LogP contribution in [0.15, 0.2) is 48.5 Å². The molecule has 1 heterocycles. The predicted octanol–water partition coefficient (Wildman–Crippen LogP) is 1.52. The van der Waals surface area contributed by atoms with Crippen LogP contribution in [0, 0.1) is 0 Å². The summed E-state index contributed by atoms with van der Waals surface area (Å²) in [6, 6.07) is 13.8. The number of benzene rings is 2. The maximum Gasteiger partial charge on any atom is 0.325 e. The number of amides is 2. The van der Waals surface area contributed by atoms with Crippen molar-refractivity contribution in [3.05, 3.63) is 48.5 Å². The van der Waals surface area contributed by atoms with E-state index in [0.29, 0.717) is 36.1 Å². The van der Waals surface area contributed by atoms with Gasteiger partial charge in [0.15, 0.2) is 24.7 Å². The molecule has 0 bridgehead atoms. The van der Waals surface area contributed by atoms with Crippen LogP contribution in [0.1, 0.15) is 6.42 Å². The van der Waals surface area contributed by atoms with Crippen LogP contribution in [0.4, 0.5) is 5.69 Å². The largest absolute Gasteiger partial charge is 0.490 e. The molecule has 0 fully saturated rings. The molecular formula is C21H22N2O7. The fourth-order valence-corrected chi connectivity index (χ4v) is 2.52. The number of para-hydroxylation sites is 1. The Morgan fingerprint density at radius 1 is 0.900 bits per heavy atom. The van der Waals surface area contributed by atoms with E-state index >= 15 is 0 Å². The number of anilines is 1. The molecule has 0 saturated heterocycles. The van der Waals surface area contributed by atoms with E-state index in [1.165, 1.54) is 0 Å². The third kappa shape index (κ3) is 6.69. The molecular weight excluding hydrogens is 392 g/mol. The molecule has 2 aromatic rings. The zero-order valence-corrected chi connectivity index (χ0v) is 16.2. The molecule has 1 aliphatic heterocycles. The highest BCUT2D eigenvalue weighted by atomic mass is 16.5. The SMILES string of the molecule is O=C(COc1ccccc1)NCC(=O)OCC(=O)Nc1ccc2c(c1)OCCCO2. The minimum atomic E-state index is -0.739. The van der Waals surface area contributed by atoms with E-state index < -0.39 is 24.4 Å². The first kappa shape index (κ1) is 21.0. The standard InChI is InChI=1S/C21H22N2O7/c24-19(13-29-16-5-2-1-3-6-16)22-12-21(26)30-14-20(25)23-15-7-8-17-18(11-15)28-10-4-9-27-17/h1-3,5-8,11H,4,9-10,12-14H2,(H,22,24)(H,23,25). The molecule has 0 atom stereocenters. The Kier molecular flexibility index (Phi) is 7.48. The minimum absolute atomic E-state index is 0.234.